The van der Waals surface area contributed by atoms with Crippen molar-refractivity contribution in [1.29, 1.82) is 0 Å². The van der Waals surface area contributed by atoms with E-state index in [9.17, 15) is 0 Å². The van der Waals surface area contributed by atoms with E-state index in [4.69, 9.17) is 0 Å². The van der Waals surface area contributed by atoms with Crippen molar-refractivity contribution in [3.8, 4) is 22.3 Å². The molecular weight excluding hydrogens is 623 g/mol. The summed E-state index contributed by atoms with van der Waals surface area (Å²) in [7, 11) is 0. The topological polar surface area (TPSA) is 3.24 Å². The number of anilines is 3. The molecule has 1 nitrogen and oxygen atoms in total. The molecule has 0 radical (unpaired) electrons. The molecule has 0 fully saturated rings. The molecule has 0 aliphatic carbocycles. The van der Waals surface area contributed by atoms with E-state index in [1.165, 1.54) is 74.7 Å². The van der Waals surface area contributed by atoms with Crippen molar-refractivity contribution in [3.63, 3.8) is 0 Å². The van der Waals surface area contributed by atoms with Gasteiger partial charge in [0.15, 0.2) is 0 Å². The lowest BCUT2D eigenvalue weighted by molar-refractivity contribution is 1.29. The Morgan fingerprint density at radius 2 is 0.940 bits per heavy atom. The summed E-state index contributed by atoms with van der Waals surface area (Å²) in [5, 5.41) is 10.2. The third-order valence-corrected chi connectivity index (χ3v) is 11.3. The van der Waals surface area contributed by atoms with Gasteiger partial charge in [-0.2, -0.15) is 0 Å². The summed E-state index contributed by atoms with van der Waals surface area (Å²) in [5.41, 5.74) is 8.26. The molecule has 0 saturated carbocycles. The molecular formula is C48H31NS. The molecule has 0 aliphatic heterocycles. The lowest BCUT2D eigenvalue weighted by Crippen LogP contribution is -2.11. The van der Waals surface area contributed by atoms with Crippen molar-refractivity contribution < 1.29 is 0 Å². The van der Waals surface area contributed by atoms with E-state index in [2.05, 4.69) is 193 Å². The molecule has 0 saturated heterocycles. The monoisotopic (exact) mass is 653 g/mol. The average Bonchev–Trinajstić information content (AvgIpc) is 3.58. The van der Waals surface area contributed by atoms with Crippen molar-refractivity contribution in [3.05, 3.63) is 188 Å². The van der Waals surface area contributed by atoms with E-state index in [0.29, 0.717) is 0 Å². The number of nitrogens with zero attached hydrogens (tertiary/aromatic N) is 1. The highest BCUT2D eigenvalue weighted by molar-refractivity contribution is 7.26. The molecule has 10 aromatic rings. The van der Waals surface area contributed by atoms with Gasteiger partial charge in [-0.15, -0.1) is 11.3 Å². The highest BCUT2D eigenvalue weighted by Crippen LogP contribution is 2.44. The number of rotatable bonds is 5. The normalized spacial score (nSPS) is 11.6. The molecule has 0 atom stereocenters. The van der Waals surface area contributed by atoms with Crippen LogP contribution in [0.4, 0.5) is 17.1 Å². The van der Waals surface area contributed by atoms with Gasteiger partial charge >= 0.3 is 0 Å². The Bertz CT molecular complexity index is 2870. The summed E-state index contributed by atoms with van der Waals surface area (Å²) in [4.78, 5) is 2.42. The number of hydrogen-bond donors (Lipinski definition) is 0. The molecule has 50 heavy (non-hydrogen) atoms. The van der Waals surface area contributed by atoms with Crippen LogP contribution in [0.25, 0.3) is 74.7 Å². The van der Waals surface area contributed by atoms with Crippen molar-refractivity contribution in [2.75, 3.05) is 4.90 Å². The van der Waals surface area contributed by atoms with Crippen LogP contribution in [-0.4, -0.2) is 0 Å². The SMILES string of the molecule is c1ccc(-c2ccccc2N(c2ccc(-c3cccc4c3sc3ccccc34)cc2)c2ccc3ccc4c5ccccc5ccc4c3c2)cc1. The Labute approximate surface area is 294 Å². The third-order valence-electron chi connectivity index (χ3n) is 10.1. The molecule has 1 aromatic heterocycles. The van der Waals surface area contributed by atoms with Gasteiger partial charge in [0.2, 0.25) is 0 Å². The van der Waals surface area contributed by atoms with Gasteiger partial charge in [-0.05, 0) is 85.4 Å². The predicted molar refractivity (Wildman–Crippen MR) is 217 cm³/mol. The van der Waals surface area contributed by atoms with Crippen molar-refractivity contribution in [1.82, 2.24) is 0 Å². The van der Waals surface area contributed by atoms with E-state index < -0.39 is 0 Å². The van der Waals surface area contributed by atoms with Gasteiger partial charge in [0.1, 0.15) is 0 Å². The first-order chi connectivity index (χ1) is 24.8. The zero-order valence-electron chi connectivity index (χ0n) is 27.3. The number of fused-ring (bicyclic) bond motifs is 8. The second-order valence-electron chi connectivity index (χ2n) is 12.9. The quantitative estimate of drug-likeness (QED) is 0.167. The minimum Gasteiger partial charge on any atom is -0.310 e. The highest BCUT2D eigenvalue weighted by atomic mass is 32.1. The Morgan fingerprint density at radius 1 is 0.340 bits per heavy atom. The van der Waals surface area contributed by atoms with Crippen LogP contribution < -0.4 is 4.90 Å². The first-order valence-corrected chi connectivity index (χ1v) is 17.9. The smallest absolute Gasteiger partial charge is 0.0540 e. The van der Waals surface area contributed by atoms with Gasteiger partial charge in [0, 0.05) is 37.1 Å². The minimum atomic E-state index is 1.12. The van der Waals surface area contributed by atoms with E-state index >= 15 is 0 Å². The van der Waals surface area contributed by atoms with E-state index in [-0.39, 0.29) is 0 Å². The van der Waals surface area contributed by atoms with Gasteiger partial charge in [-0.25, -0.2) is 0 Å². The van der Waals surface area contributed by atoms with Crippen LogP contribution in [0.3, 0.4) is 0 Å². The fourth-order valence-corrected chi connectivity index (χ4v) is 8.91. The molecule has 9 aromatic carbocycles. The van der Waals surface area contributed by atoms with Crippen molar-refractivity contribution in [2.24, 2.45) is 0 Å². The maximum atomic E-state index is 2.42. The summed E-state index contributed by atoms with van der Waals surface area (Å²) in [6, 6.07) is 68.7. The van der Waals surface area contributed by atoms with Crippen molar-refractivity contribution in [2.45, 2.75) is 0 Å². The van der Waals surface area contributed by atoms with Gasteiger partial charge in [0.25, 0.3) is 0 Å². The Kier molecular flexibility index (Phi) is 6.75. The Hall–Kier alpha value is -6.22. The largest absolute Gasteiger partial charge is 0.310 e. The molecule has 0 spiro atoms. The summed E-state index contributed by atoms with van der Waals surface area (Å²) in [6.07, 6.45) is 0. The highest BCUT2D eigenvalue weighted by Gasteiger charge is 2.19. The third kappa shape index (κ3) is 4.69. The summed E-state index contributed by atoms with van der Waals surface area (Å²) >= 11 is 1.88. The van der Waals surface area contributed by atoms with Crippen LogP contribution in [0.5, 0.6) is 0 Å². The van der Waals surface area contributed by atoms with Crippen molar-refractivity contribution >= 4 is 80.9 Å². The summed E-state index contributed by atoms with van der Waals surface area (Å²) in [5.74, 6) is 0. The van der Waals surface area contributed by atoms with Crippen LogP contribution in [0.2, 0.25) is 0 Å². The fourth-order valence-electron chi connectivity index (χ4n) is 7.67. The molecule has 10 rings (SSSR count). The number of benzene rings is 9. The fraction of sp³-hybridized carbons (Fsp3) is 0. The Balaban J connectivity index is 1.17. The zero-order chi connectivity index (χ0) is 33.0. The lowest BCUT2D eigenvalue weighted by atomic mass is 9.96. The Morgan fingerprint density at radius 3 is 1.80 bits per heavy atom. The maximum absolute atomic E-state index is 2.42. The second-order valence-corrected chi connectivity index (χ2v) is 14.0. The molecule has 0 unspecified atom stereocenters. The standard InChI is InChI=1S/C48H31NS/c1-2-11-32(12-3-1)39-15-6-8-19-46(39)49(37-28-23-35-25-29-41-38-14-5-4-13-33(38)24-30-42(41)45(35)31-37)36-26-21-34(22-27-36)40-17-10-18-44-43-16-7-9-20-47(43)50-48(40)44/h1-31H. The van der Waals surface area contributed by atoms with Gasteiger partial charge in [-0.3, -0.25) is 0 Å². The second kappa shape index (κ2) is 11.7. The molecule has 0 aliphatic rings. The van der Waals surface area contributed by atoms with Gasteiger partial charge < -0.3 is 4.90 Å². The predicted octanol–water partition coefficient (Wildman–Crippen LogP) is 14.3. The van der Waals surface area contributed by atoms with Crippen LogP contribution in [0.1, 0.15) is 0 Å². The molecule has 234 valence electrons. The van der Waals surface area contributed by atoms with Crippen LogP contribution in [-0.2, 0) is 0 Å². The van der Waals surface area contributed by atoms with Gasteiger partial charge in [0.05, 0.1) is 5.69 Å². The average molecular weight is 654 g/mol. The first kappa shape index (κ1) is 28.8. The molecule has 0 bridgehead atoms. The van der Waals surface area contributed by atoms with Crippen LogP contribution >= 0.6 is 11.3 Å². The van der Waals surface area contributed by atoms with Crippen LogP contribution in [0.15, 0.2) is 188 Å². The summed E-state index contributed by atoms with van der Waals surface area (Å²) in [6.45, 7) is 0. The number of hydrogen-bond acceptors (Lipinski definition) is 2. The molecule has 0 N–H and O–H groups in total. The van der Waals surface area contributed by atoms with Gasteiger partial charge in [-0.1, -0.05) is 152 Å². The number of thiophene rings is 1. The number of para-hydroxylation sites is 1. The lowest BCUT2D eigenvalue weighted by Gasteiger charge is -2.28. The maximum Gasteiger partial charge on any atom is 0.0540 e. The first-order valence-electron chi connectivity index (χ1n) is 17.1. The van der Waals surface area contributed by atoms with Crippen LogP contribution in [0, 0.1) is 0 Å². The minimum absolute atomic E-state index is 1.12. The molecule has 2 heteroatoms. The zero-order valence-corrected chi connectivity index (χ0v) is 28.1. The molecule has 1 heterocycles. The van der Waals surface area contributed by atoms with E-state index in [0.717, 1.165) is 17.1 Å². The van der Waals surface area contributed by atoms with E-state index in [1.54, 1.807) is 0 Å². The summed E-state index contributed by atoms with van der Waals surface area (Å²) < 4.78 is 2.66. The molecule has 0 amide bonds. The van der Waals surface area contributed by atoms with E-state index in [1.807, 2.05) is 11.3 Å².